The van der Waals surface area contributed by atoms with E-state index < -0.39 is 6.03 Å². The van der Waals surface area contributed by atoms with Gasteiger partial charge in [0.05, 0.1) is 23.0 Å². The number of nitrogens with two attached hydrogens (primary N) is 1. The molecule has 3 rings (SSSR count). The van der Waals surface area contributed by atoms with Gasteiger partial charge in [0.2, 0.25) is 0 Å². The van der Waals surface area contributed by atoms with Gasteiger partial charge in [0.15, 0.2) is 0 Å². The lowest BCUT2D eigenvalue weighted by Crippen LogP contribution is -2.32. The second-order valence-electron chi connectivity index (χ2n) is 4.42. The van der Waals surface area contributed by atoms with Gasteiger partial charge >= 0.3 is 6.03 Å². The number of benzene rings is 2. The quantitative estimate of drug-likeness (QED) is 0.790. The summed E-state index contributed by atoms with van der Waals surface area (Å²) in [5, 5.41) is 9.36. The maximum absolute atomic E-state index is 11.9. The van der Waals surface area contributed by atoms with Crippen LogP contribution in [0.15, 0.2) is 48.5 Å². The Bertz CT molecular complexity index is 771. The molecule has 1 aliphatic heterocycles. The minimum absolute atomic E-state index is 0.511. The predicted molar refractivity (Wildman–Crippen MR) is 78.1 cm³/mol. The number of amides is 2. The van der Waals surface area contributed by atoms with Crippen molar-refractivity contribution < 1.29 is 4.79 Å². The van der Waals surface area contributed by atoms with E-state index in [4.69, 9.17) is 5.73 Å². The van der Waals surface area contributed by atoms with E-state index in [1.807, 2.05) is 42.5 Å². The van der Waals surface area contributed by atoms with E-state index in [-0.39, 0.29) is 0 Å². The van der Waals surface area contributed by atoms with E-state index in [2.05, 4.69) is 6.07 Å². The molecule has 1 heterocycles. The summed E-state index contributed by atoms with van der Waals surface area (Å²) in [5.74, 6) is 0. The fourth-order valence-corrected chi connectivity index (χ4v) is 2.40. The highest BCUT2D eigenvalue weighted by Crippen LogP contribution is 2.39. The number of carbonyl (C=O) groups is 1. The van der Waals surface area contributed by atoms with Crippen LogP contribution in [-0.4, -0.2) is 6.03 Å². The molecule has 0 atom stereocenters. The fraction of sp³-hybridized carbons (Fsp3) is 0. The van der Waals surface area contributed by atoms with E-state index in [0.29, 0.717) is 22.5 Å². The molecule has 2 amide bonds. The molecule has 0 saturated carbocycles. The number of primary amides is 1. The molecule has 0 spiro atoms. The van der Waals surface area contributed by atoms with Crippen molar-refractivity contribution in [2.24, 2.45) is 5.73 Å². The average molecular weight is 261 g/mol. The van der Waals surface area contributed by atoms with Crippen LogP contribution < -0.4 is 10.6 Å². The molecular formula is C16H11N3O. The Morgan fingerprint density at radius 1 is 1.05 bits per heavy atom. The molecule has 0 unspecified atom stereocenters. The van der Waals surface area contributed by atoms with Gasteiger partial charge in [-0.15, -0.1) is 0 Å². The van der Waals surface area contributed by atoms with E-state index in [1.165, 1.54) is 4.90 Å². The molecule has 2 aromatic rings. The Kier molecular flexibility index (Phi) is 2.73. The summed E-state index contributed by atoms with van der Waals surface area (Å²) in [7, 11) is 0. The van der Waals surface area contributed by atoms with E-state index in [1.54, 1.807) is 12.1 Å². The summed E-state index contributed by atoms with van der Waals surface area (Å²) in [6.07, 6.45) is 1.77. The SMILES string of the molecule is N#CC1=Cc2ccccc2N(C(N)=O)c2ccccc21. The Morgan fingerprint density at radius 3 is 2.40 bits per heavy atom. The van der Waals surface area contributed by atoms with Crippen LogP contribution in [-0.2, 0) is 0 Å². The smallest absolute Gasteiger partial charge is 0.323 e. The second-order valence-corrected chi connectivity index (χ2v) is 4.42. The van der Waals surface area contributed by atoms with Crippen molar-refractivity contribution in [3.05, 3.63) is 59.7 Å². The van der Waals surface area contributed by atoms with E-state index in [0.717, 1.165) is 5.56 Å². The van der Waals surface area contributed by atoms with Crippen LogP contribution in [0.25, 0.3) is 11.6 Å². The summed E-state index contributed by atoms with van der Waals surface area (Å²) in [4.78, 5) is 13.3. The van der Waals surface area contributed by atoms with Crippen molar-refractivity contribution in [3.63, 3.8) is 0 Å². The number of para-hydroxylation sites is 2. The molecule has 0 aliphatic carbocycles. The largest absolute Gasteiger partial charge is 0.351 e. The summed E-state index contributed by atoms with van der Waals surface area (Å²) < 4.78 is 0. The summed E-state index contributed by atoms with van der Waals surface area (Å²) in [6, 6.07) is 16.2. The number of urea groups is 1. The zero-order chi connectivity index (χ0) is 14.1. The van der Waals surface area contributed by atoms with Gasteiger partial charge in [-0.1, -0.05) is 36.4 Å². The number of allylic oxidation sites excluding steroid dienone is 1. The number of fused-ring (bicyclic) bond motifs is 2. The van der Waals surface area contributed by atoms with Gasteiger partial charge < -0.3 is 5.73 Å². The van der Waals surface area contributed by atoms with Crippen LogP contribution in [0.4, 0.5) is 16.2 Å². The van der Waals surface area contributed by atoms with Crippen molar-refractivity contribution in [2.75, 3.05) is 4.90 Å². The topological polar surface area (TPSA) is 70.1 Å². The standard InChI is InChI=1S/C16H11N3O/c17-10-12-9-11-5-1-3-7-14(11)19(16(18)20)15-8-4-2-6-13(12)15/h1-9H,(H2,18,20). The number of carbonyl (C=O) groups excluding carboxylic acids is 1. The van der Waals surface area contributed by atoms with E-state index >= 15 is 0 Å². The number of hydrogen-bond donors (Lipinski definition) is 1. The molecule has 1 aliphatic rings. The lowest BCUT2D eigenvalue weighted by atomic mass is 10.0. The monoisotopic (exact) mass is 261 g/mol. The number of rotatable bonds is 0. The third-order valence-electron chi connectivity index (χ3n) is 3.25. The number of nitrogens with zero attached hydrogens (tertiary/aromatic N) is 2. The van der Waals surface area contributed by atoms with Gasteiger partial charge in [-0.3, -0.25) is 4.90 Å². The first kappa shape index (κ1) is 12.0. The fourth-order valence-electron chi connectivity index (χ4n) is 2.40. The first-order chi connectivity index (χ1) is 9.72. The Hall–Kier alpha value is -3.06. The molecule has 0 aromatic heterocycles. The Balaban J connectivity index is 2.39. The van der Waals surface area contributed by atoms with Crippen LogP contribution in [0.2, 0.25) is 0 Å². The molecule has 2 aromatic carbocycles. The molecular weight excluding hydrogens is 250 g/mol. The van der Waals surface area contributed by atoms with Gasteiger partial charge in [0.25, 0.3) is 0 Å². The molecule has 4 nitrogen and oxygen atoms in total. The summed E-state index contributed by atoms with van der Waals surface area (Å²) in [6.45, 7) is 0. The van der Waals surface area contributed by atoms with Gasteiger partial charge in [-0.05, 0) is 18.2 Å². The molecule has 0 saturated heterocycles. The van der Waals surface area contributed by atoms with Crippen molar-refractivity contribution in [2.45, 2.75) is 0 Å². The van der Waals surface area contributed by atoms with Crippen LogP contribution in [0, 0.1) is 11.3 Å². The van der Waals surface area contributed by atoms with Crippen molar-refractivity contribution in [1.29, 1.82) is 5.26 Å². The average Bonchev–Trinajstić information content (AvgIpc) is 2.61. The number of hydrogen-bond acceptors (Lipinski definition) is 2. The van der Waals surface area contributed by atoms with Crippen LogP contribution in [0.1, 0.15) is 11.1 Å². The van der Waals surface area contributed by atoms with Crippen molar-refractivity contribution in [3.8, 4) is 6.07 Å². The zero-order valence-electron chi connectivity index (χ0n) is 10.6. The van der Waals surface area contributed by atoms with Crippen LogP contribution in [0.3, 0.4) is 0 Å². The second kappa shape index (κ2) is 4.56. The maximum Gasteiger partial charge on any atom is 0.323 e. The first-order valence-electron chi connectivity index (χ1n) is 6.12. The highest BCUT2D eigenvalue weighted by Gasteiger charge is 2.24. The minimum atomic E-state index is -0.572. The first-order valence-corrected chi connectivity index (χ1v) is 6.12. The third-order valence-corrected chi connectivity index (χ3v) is 3.25. The highest BCUT2D eigenvalue weighted by atomic mass is 16.2. The lowest BCUT2D eigenvalue weighted by molar-refractivity contribution is 0.256. The Morgan fingerprint density at radius 2 is 1.70 bits per heavy atom. The summed E-state index contributed by atoms with van der Waals surface area (Å²) in [5.41, 5.74) is 8.84. The van der Waals surface area contributed by atoms with Crippen molar-refractivity contribution >= 4 is 29.1 Å². The van der Waals surface area contributed by atoms with Crippen molar-refractivity contribution in [1.82, 2.24) is 0 Å². The normalized spacial score (nSPS) is 12.6. The van der Waals surface area contributed by atoms with Gasteiger partial charge in [0.1, 0.15) is 0 Å². The van der Waals surface area contributed by atoms with Gasteiger partial charge in [-0.2, -0.15) is 5.26 Å². The number of anilines is 2. The predicted octanol–water partition coefficient (Wildman–Crippen LogP) is 3.28. The van der Waals surface area contributed by atoms with Crippen LogP contribution in [0.5, 0.6) is 0 Å². The molecule has 0 radical (unpaired) electrons. The molecule has 0 fully saturated rings. The molecule has 0 bridgehead atoms. The minimum Gasteiger partial charge on any atom is -0.351 e. The Labute approximate surface area is 116 Å². The van der Waals surface area contributed by atoms with E-state index in [9.17, 15) is 10.1 Å². The highest BCUT2D eigenvalue weighted by molar-refractivity contribution is 6.08. The zero-order valence-corrected chi connectivity index (χ0v) is 10.6. The molecule has 96 valence electrons. The van der Waals surface area contributed by atoms with Gasteiger partial charge in [0, 0.05) is 11.1 Å². The molecule has 2 N–H and O–H groups in total. The third kappa shape index (κ3) is 1.73. The molecule has 4 heteroatoms. The molecule has 20 heavy (non-hydrogen) atoms. The maximum atomic E-state index is 11.9. The number of nitriles is 1. The summed E-state index contributed by atoms with van der Waals surface area (Å²) >= 11 is 0. The van der Waals surface area contributed by atoms with Gasteiger partial charge in [-0.25, -0.2) is 4.79 Å². The lowest BCUT2D eigenvalue weighted by Gasteiger charge is -2.22. The van der Waals surface area contributed by atoms with Crippen LogP contribution >= 0.6 is 0 Å².